The number of likely N-dealkylation sites (tertiary alicyclic amines) is 1. The highest BCUT2D eigenvalue weighted by atomic mass is 16.1. The van der Waals surface area contributed by atoms with E-state index >= 15 is 0 Å². The van der Waals surface area contributed by atoms with Crippen LogP contribution in [0.4, 0.5) is 0 Å². The predicted molar refractivity (Wildman–Crippen MR) is 44.1 cm³/mol. The lowest BCUT2D eigenvalue weighted by atomic mass is 10.0. The van der Waals surface area contributed by atoms with Crippen LogP contribution in [0.25, 0.3) is 0 Å². The molecule has 0 atom stereocenters. The van der Waals surface area contributed by atoms with E-state index in [0.717, 1.165) is 13.1 Å². The van der Waals surface area contributed by atoms with Crippen LogP contribution in [-0.4, -0.2) is 29.4 Å². The summed E-state index contributed by atoms with van der Waals surface area (Å²) in [6, 6.07) is 0. The highest BCUT2D eigenvalue weighted by Crippen LogP contribution is 2.19. The Morgan fingerprint density at radius 1 is 1.36 bits per heavy atom. The van der Waals surface area contributed by atoms with Gasteiger partial charge in [0.1, 0.15) is 0 Å². The van der Waals surface area contributed by atoms with Crippen molar-refractivity contribution in [2.75, 3.05) is 13.1 Å². The number of hydrogen-bond donors (Lipinski definition) is 1. The molecule has 0 radical (unpaired) electrons. The van der Waals surface area contributed by atoms with Gasteiger partial charge in [-0.1, -0.05) is 0 Å². The lowest BCUT2D eigenvalue weighted by Crippen LogP contribution is -2.51. The SMILES string of the molecule is CC(C)(C(N)=O)N1CCCC1. The first-order chi connectivity index (χ1) is 5.05. The molecule has 0 aliphatic carbocycles. The Balaban J connectivity index is 2.62. The molecular weight excluding hydrogens is 140 g/mol. The van der Waals surface area contributed by atoms with Gasteiger partial charge in [0, 0.05) is 0 Å². The molecule has 1 amide bonds. The molecule has 1 aliphatic heterocycles. The summed E-state index contributed by atoms with van der Waals surface area (Å²) in [5.74, 6) is -0.223. The van der Waals surface area contributed by atoms with Crippen molar-refractivity contribution in [3.8, 4) is 0 Å². The number of nitrogens with two attached hydrogens (primary N) is 1. The minimum Gasteiger partial charge on any atom is -0.368 e. The van der Waals surface area contributed by atoms with E-state index in [0.29, 0.717) is 0 Å². The molecule has 1 heterocycles. The van der Waals surface area contributed by atoms with Gasteiger partial charge in [-0.15, -0.1) is 0 Å². The molecule has 1 rings (SSSR count). The first-order valence-electron chi connectivity index (χ1n) is 4.10. The average Bonchev–Trinajstić information content (AvgIpc) is 2.37. The maximum Gasteiger partial charge on any atom is 0.237 e. The van der Waals surface area contributed by atoms with E-state index < -0.39 is 5.54 Å². The van der Waals surface area contributed by atoms with Gasteiger partial charge in [0.25, 0.3) is 0 Å². The van der Waals surface area contributed by atoms with Gasteiger partial charge >= 0.3 is 0 Å². The second-order valence-electron chi connectivity index (χ2n) is 3.62. The van der Waals surface area contributed by atoms with E-state index in [4.69, 9.17) is 5.73 Å². The fourth-order valence-corrected chi connectivity index (χ4v) is 1.43. The highest BCUT2D eigenvalue weighted by Gasteiger charge is 2.33. The van der Waals surface area contributed by atoms with Gasteiger partial charge in [-0.2, -0.15) is 0 Å². The van der Waals surface area contributed by atoms with Crippen LogP contribution in [0.3, 0.4) is 0 Å². The molecule has 3 heteroatoms. The van der Waals surface area contributed by atoms with Crippen LogP contribution in [0.2, 0.25) is 0 Å². The van der Waals surface area contributed by atoms with Crippen molar-refractivity contribution in [3.63, 3.8) is 0 Å². The van der Waals surface area contributed by atoms with Crippen LogP contribution >= 0.6 is 0 Å². The Morgan fingerprint density at radius 3 is 2.18 bits per heavy atom. The van der Waals surface area contributed by atoms with Gasteiger partial charge in [-0.25, -0.2) is 0 Å². The van der Waals surface area contributed by atoms with Gasteiger partial charge in [-0.3, -0.25) is 9.69 Å². The van der Waals surface area contributed by atoms with Gasteiger partial charge in [0.15, 0.2) is 0 Å². The van der Waals surface area contributed by atoms with E-state index in [1.807, 2.05) is 13.8 Å². The lowest BCUT2D eigenvalue weighted by molar-refractivity contribution is -0.127. The third-order valence-corrected chi connectivity index (χ3v) is 2.50. The molecule has 0 bridgehead atoms. The van der Waals surface area contributed by atoms with Crippen molar-refractivity contribution in [3.05, 3.63) is 0 Å². The lowest BCUT2D eigenvalue weighted by Gasteiger charge is -2.31. The third-order valence-electron chi connectivity index (χ3n) is 2.50. The maximum atomic E-state index is 11.0. The minimum absolute atomic E-state index is 0.223. The number of carbonyl (C=O) groups excluding carboxylic acids is 1. The zero-order chi connectivity index (χ0) is 8.48. The van der Waals surface area contributed by atoms with Gasteiger partial charge in [-0.05, 0) is 39.8 Å². The van der Waals surface area contributed by atoms with Crippen molar-refractivity contribution in [1.82, 2.24) is 4.90 Å². The van der Waals surface area contributed by atoms with E-state index in [1.165, 1.54) is 12.8 Å². The normalized spacial score (nSPS) is 20.5. The van der Waals surface area contributed by atoms with Crippen molar-refractivity contribution in [2.45, 2.75) is 32.2 Å². The molecule has 0 aromatic rings. The highest BCUT2D eigenvalue weighted by molar-refractivity contribution is 5.83. The summed E-state index contributed by atoms with van der Waals surface area (Å²) >= 11 is 0. The maximum absolute atomic E-state index is 11.0. The number of amides is 1. The van der Waals surface area contributed by atoms with Gasteiger partial charge in [0.2, 0.25) is 5.91 Å². The molecule has 0 saturated carbocycles. The third kappa shape index (κ3) is 1.53. The molecule has 1 saturated heterocycles. The Morgan fingerprint density at radius 2 is 1.82 bits per heavy atom. The number of primary amides is 1. The number of hydrogen-bond acceptors (Lipinski definition) is 2. The summed E-state index contributed by atoms with van der Waals surface area (Å²) in [5, 5.41) is 0. The Kier molecular flexibility index (Phi) is 2.18. The first kappa shape index (κ1) is 8.53. The average molecular weight is 156 g/mol. The van der Waals surface area contributed by atoms with Gasteiger partial charge < -0.3 is 5.73 Å². The standard InChI is InChI=1S/C8H16N2O/c1-8(2,7(9)11)10-5-3-4-6-10/h3-6H2,1-2H3,(H2,9,11). The van der Waals surface area contributed by atoms with Crippen molar-refractivity contribution >= 4 is 5.91 Å². The second-order valence-corrected chi connectivity index (χ2v) is 3.62. The zero-order valence-corrected chi connectivity index (χ0v) is 7.26. The minimum atomic E-state index is -0.448. The molecule has 0 unspecified atom stereocenters. The molecule has 0 aromatic heterocycles. The van der Waals surface area contributed by atoms with Crippen LogP contribution in [0.15, 0.2) is 0 Å². The molecule has 11 heavy (non-hydrogen) atoms. The van der Waals surface area contributed by atoms with Crippen LogP contribution in [0, 0.1) is 0 Å². The molecule has 3 nitrogen and oxygen atoms in total. The summed E-state index contributed by atoms with van der Waals surface area (Å²) < 4.78 is 0. The Hall–Kier alpha value is -0.570. The summed E-state index contributed by atoms with van der Waals surface area (Å²) in [6.45, 7) is 5.80. The van der Waals surface area contributed by atoms with Crippen LogP contribution in [-0.2, 0) is 4.79 Å². The van der Waals surface area contributed by atoms with Gasteiger partial charge in [0.05, 0.1) is 5.54 Å². The first-order valence-corrected chi connectivity index (χ1v) is 4.10. The van der Waals surface area contributed by atoms with Crippen LogP contribution < -0.4 is 5.73 Å². The quantitative estimate of drug-likeness (QED) is 0.627. The number of nitrogens with zero attached hydrogens (tertiary/aromatic N) is 1. The topological polar surface area (TPSA) is 46.3 Å². The molecule has 64 valence electrons. The van der Waals surface area contributed by atoms with Crippen molar-refractivity contribution in [1.29, 1.82) is 0 Å². The molecule has 2 N–H and O–H groups in total. The summed E-state index contributed by atoms with van der Waals surface area (Å²) in [4.78, 5) is 13.1. The summed E-state index contributed by atoms with van der Waals surface area (Å²) in [5.41, 5.74) is 4.82. The summed E-state index contributed by atoms with van der Waals surface area (Å²) in [6.07, 6.45) is 2.38. The molecular formula is C8H16N2O. The van der Waals surface area contributed by atoms with Crippen LogP contribution in [0.1, 0.15) is 26.7 Å². The smallest absolute Gasteiger partial charge is 0.237 e. The van der Waals surface area contributed by atoms with Crippen LogP contribution in [0.5, 0.6) is 0 Å². The van der Waals surface area contributed by atoms with E-state index in [1.54, 1.807) is 0 Å². The number of rotatable bonds is 2. The molecule has 0 aromatic carbocycles. The molecule has 0 spiro atoms. The van der Waals surface area contributed by atoms with E-state index in [9.17, 15) is 4.79 Å². The predicted octanol–water partition coefficient (Wildman–Crippen LogP) is 0.346. The Labute approximate surface area is 67.5 Å². The summed E-state index contributed by atoms with van der Waals surface area (Å²) in [7, 11) is 0. The van der Waals surface area contributed by atoms with Crippen molar-refractivity contribution < 1.29 is 4.79 Å². The van der Waals surface area contributed by atoms with Crippen molar-refractivity contribution in [2.24, 2.45) is 5.73 Å². The fourth-order valence-electron chi connectivity index (χ4n) is 1.43. The Bertz CT molecular complexity index is 159. The van der Waals surface area contributed by atoms with E-state index in [-0.39, 0.29) is 5.91 Å². The molecule has 1 fully saturated rings. The van der Waals surface area contributed by atoms with E-state index in [2.05, 4.69) is 4.90 Å². The number of carbonyl (C=O) groups is 1. The zero-order valence-electron chi connectivity index (χ0n) is 7.26. The fraction of sp³-hybridized carbons (Fsp3) is 0.875. The monoisotopic (exact) mass is 156 g/mol. The largest absolute Gasteiger partial charge is 0.368 e. The second kappa shape index (κ2) is 2.81. The molecule has 1 aliphatic rings.